The SMILES string of the molecule is NC(=O)C1(Cc2ccc(-c3cccs3)cc2)CN(C(=O)Cc2ccccc2F)CCO1. The largest absolute Gasteiger partial charge is 0.367 e. The number of hydrogen-bond acceptors (Lipinski definition) is 4. The second kappa shape index (κ2) is 8.99. The number of halogens is 1. The third-order valence-electron chi connectivity index (χ3n) is 5.54. The van der Waals surface area contributed by atoms with E-state index in [0.29, 0.717) is 12.1 Å². The summed E-state index contributed by atoms with van der Waals surface area (Å²) in [5, 5.41) is 2.02. The van der Waals surface area contributed by atoms with E-state index in [2.05, 4.69) is 0 Å². The molecule has 2 aromatic carbocycles. The molecule has 1 saturated heterocycles. The summed E-state index contributed by atoms with van der Waals surface area (Å²) in [7, 11) is 0. The standard InChI is InChI=1S/C24H23FN2O3S/c25-20-5-2-1-4-19(20)14-22(28)27-11-12-30-24(16-27,23(26)29)15-17-7-9-18(10-8-17)21-6-3-13-31-21/h1-10,13H,11-12,14-16H2,(H2,26,29). The van der Waals surface area contributed by atoms with Gasteiger partial charge in [-0.15, -0.1) is 11.3 Å². The van der Waals surface area contributed by atoms with E-state index in [1.807, 2.05) is 41.8 Å². The molecule has 5 nitrogen and oxygen atoms in total. The predicted molar refractivity (Wildman–Crippen MR) is 118 cm³/mol. The van der Waals surface area contributed by atoms with Crippen LogP contribution in [0.5, 0.6) is 0 Å². The van der Waals surface area contributed by atoms with E-state index in [-0.39, 0.29) is 31.9 Å². The number of nitrogens with two attached hydrogens (primary N) is 1. The topological polar surface area (TPSA) is 72.6 Å². The Morgan fingerprint density at radius 1 is 1.10 bits per heavy atom. The van der Waals surface area contributed by atoms with Crippen LogP contribution in [0.3, 0.4) is 0 Å². The number of rotatable bonds is 6. The van der Waals surface area contributed by atoms with Gasteiger partial charge in [0.25, 0.3) is 5.91 Å². The van der Waals surface area contributed by atoms with Gasteiger partial charge >= 0.3 is 0 Å². The highest BCUT2D eigenvalue weighted by atomic mass is 32.1. The Labute approximate surface area is 184 Å². The number of thiophene rings is 1. The average Bonchev–Trinajstić information content (AvgIpc) is 3.31. The average molecular weight is 439 g/mol. The summed E-state index contributed by atoms with van der Waals surface area (Å²) in [6.07, 6.45) is 0.188. The molecule has 1 aliphatic heterocycles. The van der Waals surface area contributed by atoms with Crippen LogP contribution in [-0.4, -0.2) is 42.0 Å². The van der Waals surface area contributed by atoms with Crippen LogP contribution in [0.15, 0.2) is 66.0 Å². The van der Waals surface area contributed by atoms with Gasteiger partial charge in [0.15, 0.2) is 5.60 Å². The van der Waals surface area contributed by atoms with Crippen molar-refractivity contribution in [3.05, 3.63) is 83.0 Å². The van der Waals surface area contributed by atoms with Crippen LogP contribution in [0.25, 0.3) is 10.4 Å². The van der Waals surface area contributed by atoms with Crippen LogP contribution in [0.2, 0.25) is 0 Å². The van der Waals surface area contributed by atoms with Crippen molar-refractivity contribution >= 4 is 23.2 Å². The van der Waals surface area contributed by atoms with Crippen LogP contribution in [0, 0.1) is 5.82 Å². The maximum absolute atomic E-state index is 14.0. The first-order valence-corrected chi connectivity index (χ1v) is 10.9. The van der Waals surface area contributed by atoms with E-state index in [4.69, 9.17) is 10.5 Å². The van der Waals surface area contributed by atoms with Crippen LogP contribution < -0.4 is 5.73 Å². The minimum atomic E-state index is -1.31. The van der Waals surface area contributed by atoms with Gasteiger partial charge in [0.1, 0.15) is 5.82 Å². The number of amides is 2. The quantitative estimate of drug-likeness (QED) is 0.641. The third-order valence-corrected chi connectivity index (χ3v) is 6.46. The zero-order valence-electron chi connectivity index (χ0n) is 16.9. The lowest BCUT2D eigenvalue weighted by Gasteiger charge is -2.41. The fourth-order valence-corrected chi connectivity index (χ4v) is 4.55. The Morgan fingerprint density at radius 3 is 2.55 bits per heavy atom. The zero-order valence-corrected chi connectivity index (χ0v) is 17.7. The summed E-state index contributed by atoms with van der Waals surface area (Å²) in [6, 6.07) is 18.1. The molecular weight excluding hydrogens is 415 g/mol. The first-order chi connectivity index (χ1) is 15.0. The number of hydrogen-bond donors (Lipinski definition) is 1. The molecule has 160 valence electrons. The maximum Gasteiger partial charge on any atom is 0.251 e. The lowest BCUT2D eigenvalue weighted by molar-refractivity contribution is -0.163. The Bertz CT molecular complexity index is 1070. The van der Waals surface area contributed by atoms with Gasteiger partial charge in [-0.1, -0.05) is 48.5 Å². The Kier molecular flexibility index (Phi) is 6.15. The van der Waals surface area contributed by atoms with Gasteiger partial charge in [0, 0.05) is 17.8 Å². The molecule has 0 aliphatic carbocycles. The van der Waals surface area contributed by atoms with E-state index < -0.39 is 17.3 Å². The second-order valence-electron chi connectivity index (χ2n) is 7.64. The fraction of sp³-hybridized carbons (Fsp3) is 0.250. The molecule has 0 bridgehead atoms. The highest BCUT2D eigenvalue weighted by Crippen LogP contribution is 2.28. The number of carbonyl (C=O) groups is 2. The monoisotopic (exact) mass is 438 g/mol. The van der Waals surface area contributed by atoms with Gasteiger partial charge in [-0.25, -0.2) is 4.39 Å². The summed E-state index contributed by atoms with van der Waals surface area (Å²) in [6.45, 7) is 0.571. The molecule has 0 spiro atoms. The lowest BCUT2D eigenvalue weighted by atomic mass is 9.91. The molecule has 1 fully saturated rings. The molecule has 3 aromatic rings. The third kappa shape index (κ3) is 4.68. The normalized spacial score (nSPS) is 18.7. The van der Waals surface area contributed by atoms with Gasteiger partial charge in [-0.05, 0) is 34.2 Å². The fourth-order valence-electron chi connectivity index (χ4n) is 3.82. The predicted octanol–water partition coefficient (Wildman–Crippen LogP) is 3.42. The highest BCUT2D eigenvalue weighted by molar-refractivity contribution is 7.13. The first kappa shape index (κ1) is 21.2. The lowest BCUT2D eigenvalue weighted by Crippen LogP contribution is -2.61. The van der Waals surface area contributed by atoms with Gasteiger partial charge in [0.05, 0.1) is 19.6 Å². The summed E-state index contributed by atoms with van der Waals surface area (Å²) in [4.78, 5) is 27.9. The van der Waals surface area contributed by atoms with Crippen LogP contribution in [0.4, 0.5) is 4.39 Å². The molecule has 31 heavy (non-hydrogen) atoms. The summed E-state index contributed by atoms with van der Waals surface area (Å²) >= 11 is 1.66. The van der Waals surface area contributed by atoms with Crippen molar-refractivity contribution in [3.8, 4) is 10.4 Å². The highest BCUT2D eigenvalue weighted by Gasteiger charge is 2.43. The summed E-state index contributed by atoms with van der Waals surface area (Å²) < 4.78 is 19.8. The van der Waals surface area contributed by atoms with Crippen molar-refractivity contribution < 1.29 is 18.7 Å². The van der Waals surface area contributed by atoms with Gasteiger partial charge in [0.2, 0.25) is 5.91 Å². The van der Waals surface area contributed by atoms with Gasteiger partial charge in [-0.3, -0.25) is 9.59 Å². The molecule has 2 amide bonds. The molecule has 0 saturated carbocycles. The summed E-state index contributed by atoms with van der Waals surface area (Å²) in [5.74, 6) is -1.29. The minimum Gasteiger partial charge on any atom is -0.367 e. The molecule has 0 radical (unpaired) electrons. The molecule has 1 unspecified atom stereocenters. The number of morpholine rings is 1. The van der Waals surface area contributed by atoms with Crippen molar-refractivity contribution in [1.29, 1.82) is 0 Å². The van der Waals surface area contributed by atoms with Crippen molar-refractivity contribution in [2.75, 3.05) is 19.7 Å². The molecular formula is C24H23FN2O3S. The van der Waals surface area contributed by atoms with E-state index >= 15 is 0 Å². The van der Waals surface area contributed by atoms with E-state index in [0.717, 1.165) is 16.0 Å². The number of primary amides is 1. The second-order valence-corrected chi connectivity index (χ2v) is 8.59. The number of nitrogens with zero attached hydrogens (tertiary/aromatic N) is 1. The Balaban J connectivity index is 1.50. The van der Waals surface area contributed by atoms with Crippen molar-refractivity contribution in [3.63, 3.8) is 0 Å². The number of benzene rings is 2. The molecule has 2 N–H and O–H groups in total. The first-order valence-electron chi connectivity index (χ1n) is 10.0. The molecule has 1 atom stereocenters. The van der Waals surface area contributed by atoms with E-state index in [9.17, 15) is 14.0 Å². The molecule has 1 aromatic heterocycles. The van der Waals surface area contributed by atoms with E-state index in [1.54, 1.807) is 34.4 Å². The molecule has 2 heterocycles. The van der Waals surface area contributed by atoms with Crippen molar-refractivity contribution in [2.45, 2.75) is 18.4 Å². The van der Waals surface area contributed by atoms with Crippen molar-refractivity contribution in [2.24, 2.45) is 5.73 Å². The minimum absolute atomic E-state index is 0.0439. The van der Waals surface area contributed by atoms with Crippen LogP contribution >= 0.6 is 11.3 Å². The Morgan fingerprint density at radius 2 is 1.87 bits per heavy atom. The van der Waals surface area contributed by atoms with Crippen molar-refractivity contribution in [1.82, 2.24) is 4.90 Å². The summed E-state index contributed by atoms with van der Waals surface area (Å²) in [5.41, 5.74) is 6.74. The molecule has 7 heteroatoms. The van der Waals surface area contributed by atoms with Gasteiger partial charge < -0.3 is 15.4 Å². The zero-order chi connectivity index (χ0) is 21.8. The Hall–Kier alpha value is -3.03. The van der Waals surface area contributed by atoms with Gasteiger partial charge in [-0.2, -0.15) is 0 Å². The maximum atomic E-state index is 14.0. The van der Waals surface area contributed by atoms with Crippen LogP contribution in [-0.2, 0) is 27.2 Å². The van der Waals surface area contributed by atoms with Crippen LogP contribution in [0.1, 0.15) is 11.1 Å². The van der Waals surface area contributed by atoms with E-state index in [1.165, 1.54) is 6.07 Å². The molecule has 1 aliphatic rings. The number of ether oxygens (including phenoxy) is 1. The number of carbonyl (C=O) groups excluding carboxylic acids is 2. The smallest absolute Gasteiger partial charge is 0.251 e. The molecule has 4 rings (SSSR count).